The maximum atomic E-state index is 5.93. The van der Waals surface area contributed by atoms with Gasteiger partial charge in [0.05, 0.1) is 24.5 Å². The van der Waals surface area contributed by atoms with Gasteiger partial charge in [0, 0.05) is 26.1 Å². The molecule has 2 unspecified atom stereocenters. The first-order chi connectivity index (χ1) is 16.6. The minimum absolute atomic E-state index is 0.0814. The van der Waals surface area contributed by atoms with Gasteiger partial charge in [0.25, 0.3) is 0 Å². The fourth-order valence-electron chi connectivity index (χ4n) is 3.81. The van der Waals surface area contributed by atoms with E-state index in [1.165, 1.54) is 11.9 Å². The molecule has 0 aliphatic carbocycles. The summed E-state index contributed by atoms with van der Waals surface area (Å²) in [5.74, 6) is 2.99. The maximum absolute atomic E-state index is 5.93. The molecule has 1 saturated heterocycles. The van der Waals surface area contributed by atoms with E-state index in [1.807, 2.05) is 29.7 Å². The van der Waals surface area contributed by atoms with Crippen molar-refractivity contribution >= 4 is 29.5 Å². The molecule has 34 heavy (non-hydrogen) atoms. The molecular formula is C22H27ClN6O4S. The van der Waals surface area contributed by atoms with Crippen LogP contribution in [0.25, 0.3) is 5.69 Å². The van der Waals surface area contributed by atoms with Crippen LogP contribution < -0.4 is 14.2 Å². The van der Waals surface area contributed by atoms with E-state index in [0.29, 0.717) is 46.4 Å². The number of nitrogens with one attached hydrogen (secondary N) is 1. The molecule has 0 spiro atoms. The van der Waals surface area contributed by atoms with Gasteiger partial charge >= 0.3 is 0 Å². The standard InChI is InChI=1S/C22H27ClN6O4S/c1-13(19(32-4)20-24-11-14(23)12-25-20)34-28-22-27-26-21(17-9-6-10-33-17)29(22)18-15(30-2)7-5-8-16(18)31-3/h5,7-8,11-13,17,19H,6,9-10H2,1-4H3,(H,27,28)/t13?,17?,19-/m0/s1. The number of nitrogens with zero attached hydrogens (tertiary/aromatic N) is 5. The molecule has 1 aliphatic heterocycles. The summed E-state index contributed by atoms with van der Waals surface area (Å²) in [7, 11) is 4.86. The Morgan fingerprint density at radius 1 is 1.15 bits per heavy atom. The Morgan fingerprint density at radius 3 is 2.44 bits per heavy atom. The highest BCUT2D eigenvalue weighted by Crippen LogP contribution is 2.39. The van der Waals surface area contributed by atoms with Crippen LogP contribution in [-0.2, 0) is 9.47 Å². The predicted molar refractivity (Wildman–Crippen MR) is 130 cm³/mol. The van der Waals surface area contributed by atoms with Crippen molar-refractivity contribution in [2.24, 2.45) is 0 Å². The summed E-state index contributed by atoms with van der Waals surface area (Å²) in [6.07, 6.45) is 4.39. The Morgan fingerprint density at radius 2 is 1.85 bits per heavy atom. The molecule has 0 amide bonds. The smallest absolute Gasteiger partial charge is 0.239 e. The molecule has 0 saturated carbocycles. The fourth-order valence-corrected chi connectivity index (χ4v) is 4.69. The van der Waals surface area contributed by atoms with E-state index in [9.17, 15) is 0 Å². The summed E-state index contributed by atoms with van der Waals surface area (Å²) in [4.78, 5) is 8.60. The molecule has 1 aromatic carbocycles. The molecule has 3 aromatic rings. The van der Waals surface area contributed by atoms with Gasteiger partial charge in [-0.2, -0.15) is 0 Å². The average Bonchev–Trinajstić information content (AvgIpc) is 3.53. The second-order valence-corrected chi connectivity index (χ2v) is 9.19. The van der Waals surface area contributed by atoms with Gasteiger partial charge in [-0.25, -0.2) is 9.97 Å². The summed E-state index contributed by atoms with van der Waals surface area (Å²) in [6.45, 7) is 2.70. The molecule has 10 nitrogen and oxygen atoms in total. The lowest BCUT2D eigenvalue weighted by atomic mass is 10.2. The summed E-state index contributed by atoms with van der Waals surface area (Å²) in [6, 6.07) is 5.61. The van der Waals surface area contributed by atoms with Crippen LogP contribution in [0.15, 0.2) is 30.6 Å². The number of anilines is 1. The largest absolute Gasteiger partial charge is 0.494 e. The molecule has 2 aromatic heterocycles. The lowest BCUT2D eigenvalue weighted by Gasteiger charge is -2.22. The summed E-state index contributed by atoms with van der Waals surface area (Å²) < 4.78 is 28.1. The van der Waals surface area contributed by atoms with Gasteiger partial charge in [-0.15, -0.1) is 10.2 Å². The van der Waals surface area contributed by atoms with E-state index in [-0.39, 0.29) is 17.5 Å². The highest BCUT2D eigenvalue weighted by Gasteiger charge is 2.30. The molecule has 4 rings (SSSR count). The molecule has 182 valence electrons. The van der Waals surface area contributed by atoms with E-state index < -0.39 is 0 Å². The molecule has 3 heterocycles. The minimum atomic E-state index is -0.371. The zero-order valence-electron chi connectivity index (χ0n) is 19.4. The molecule has 1 fully saturated rings. The molecule has 1 N–H and O–H groups in total. The van der Waals surface area contributed by atoms with Gasteiger partial charge in [0.2, 0.25) is 5.95 Å². The van der Waals surface area contributed by atoms with Gasteiger partial charge in [-0.1, -0.05) is 17.7 Å². The molecule has 3 atom stereocenters. The van der Waals surface area contributed by atoms with E-state index in [1.54, 1.807) is 33.7 Å². The topological polar surface area (TPSA) is 105 Å². The van der Waals surface area contributed by atoms with Crippen molar-refractivity contribution in [2.75, 3.05) is 32.7 Å². The third kappa shape index (κ3) is 5.07. The monoisotopic (exact) mass is 506 g/mol. The molecule has 0 radical (unpaired) electrons. The normalized spacial score (nSPS) is 17.4. The first-order valence-electron chi connectivity index (χ1n) is 10.8. The predicted octanol–water partition coefficient (Wildman–Crippen LogP) is 4.42. The van der Waals surface area contributed by atoms with Crippen LogP contribution in [0.2, 0.25) is 5.02 Å². The van der Waals surface area contributed by atoms with E-state index >= 15 is 0 Å². The number of rotatable bonds is 10. The third-order valence-corrected chi connectivity index (χ3v) is 6.56. The minimum Gasteiger partial charge on any atom is -0.494 e. The van der Waals surface area contributed by atoms with E-state index in [2.05, 4.69) is 24.9 Å². The first-order valence-corrected chi connectivity index (χ1v) is 12.0. The molecular weight excluding hydrogens is 480 g/mol. The highest BCUT2D eigenvalue weighted by atomic mass is 35.5. The van der Waals surface area contributed by atoms with Crippen LogP contribution in [-0.4, -0.2) is 57.9 Å². The Kier molecular flexibility index (Phi) is 8.09. The van der Waals surface area contributed by atoms with Gasteiger partial charge in [0.1, 0.15) is 29.4 Å². The number of hydrogen-bond donors (Lipinski definition) is 1. The number of hydrogen-bond acceptors (Lipinski definition) is 10. The highest BCUT2D eigenvalue weighted by molar-refractivity contribution is 8.01. The zero-order chi connectivity index (χ0) is 24.1. The second-order valence-electron chi connectivity index (χ2n) is 7.57. The Balaban J connectivity index is 1.66. The molecule has 1 aliphatic rings. The van der Waals surface area contributed by atoms with Crippen LogP contribution in [0.3, 0.4) is 0 Å². The van der Waals surface area contributed by atoms with Crippen LogP contribution in [0.1, 0.15) is 43.6 Å². The third-order valence-electron chi connectivity index (χ3n) is 5.44. The van der Waals surface area contributed by atoms with Crippen molar-refractivity contribution in [3.63, 3.8) is 0 Å². The number of halogens is 1. The van der Waals surface area contributed by atoms with Crippen molar-refractivity contribution < 1.29 is 18.9 Å². The van der Waals surface area contributed by atoms with Gasteiger partial charge in [-0.3, -0.25) is 9.29 Å². The number of ether oxygens (including phenoxy) is 4. The number of methoxy groups -OCH3 is 3. The first kappa shape index (κ1) is 24.5. The average molecular weight is 507 g/mol. The van der Waals surface area contributed by atoms with Crippen LogP contribution in [0.4, 0.5) is 5.95 Å². The summed E-state index contributed by atoms with van der Waals surface area (Å²) in [5, 5.41) is 9.28. The zero-order valence-corrected chi connectivity index (χ0v) is 21.0. The van der Waals surface area contributed by atoms with Crippen molar-refractivity contribution in [3.05, 3.63) is 47.3 Å². The quantitative estimate of drug-likeness (QED) is 0.397. The van der Waals surface area contributed by atoms with Crippen molar-refractivity contribution in [1.82, 2.24) is 24.7 Å². The Labute approximate surface area is 207 Å². The molecule has 12 heteroatoms. The van der Waals surface area contributed by atoms with Crippen LogP contribution in [0, 0.1) is 0 Å². The summed E-state index contributed by atoms with van der Waals surface area (Å²) in [5.41, 5.74) is 0.697. The second kappa shape index (κ2) is 11.2. The van der Waals surface area contributed by atoms with E-state index in [4.69, 9.17) is 30.5 Å². The number of para-hydroxylation sites is 1. The lowest BCUT2D eigenvalue weighted by molar-refractivity contribution is 0.0972. The van der Waals surface area contributed by atoms with Crippen molar-refractivity contribution in [2.45, 2.75) is 37.2 Å². The van der Waals surface area contributed by atoms with Crippen LogP contribution >= 0.6 is 23.5 Å². The SMILES string of the molecule is COc1cccc(OC)c1-n1c(NSC(C)[C@H](OC)c2ncc(Cl)cn2)nnc1C1CCCO1. The van der Waals surface area contributed by atoms with Crippen molar-refractivity contribution in [1.29, 1.82) is 0 Å². The van der Waals surface area contributed by atoms with Gasteiger partial charge in [-0.05, 0) is 43.8 Å². The van der Waals surface area contributed by atoms with Crippen molar-refractivity contribution in [3.8, 4) is 17.2 Å². The van der Waals surface area contributed by atoms with E-state index in [0.717, 1.165) is 12.8 Å². The van der Waals surface area contributed by atoms with Gasteiger partial charge in [0.15, 0.2) is 11.6 Å². The fraction of sp³-hybridized carbons (Fsp3) is 0.455. The lowest BCUT2D eigenvalue weighted by Crippen LogP contribution is -2.19. The Bertz CT molecular complexity index is 1070. The summed E-state index contributed by atoms with van der Waals surface area (Å²) >= 11 is 7.35. The Hall–Kier alpha value is -2.60. The number of benzene rings is 1. The maximum Gasteiger partial charge on any atom is 0.239 e. The molecule has 0 bridgehead atoms. The van der Waals surface area contributed by atoms with Crippen LogP contribution in [0.5, 0.6) is 11.5 Å². The number of aromatic nitrogens is 5. The van der Waals surface area contributed by atoms with Gasteiger partial charge < -0.3 is 18.9 Å².